The van der Waals surface area contributed by atoms with Crippen molar-refractivity contribution in [1.82, 2.24) is 20.5 Å². The maximum atomic E-state index is 12.5. The molecule has 1 amide bonds. The number of hydrogen-bond donors (Lipinski definition) is 4. The van der Waals surface area contributed by atoms with E-state index in [2.05, 4.69) is 30.9 Å². The van der Waals surface area contributed by atoms with Crippen molar-refractivity contribution in [3.8, 4) is 0 Å². The van der Waals surface area contributed by atoms with Crippen molar-refractivity contribution in [1.29, 1.82) is 0 Å². The van der Waals surface area contributed by atoms with Gasteiger partial charge in [0.2, 0.25) is 5.91 Å². The van der Waals surface area contributed by atoms with Gasteiger partial charge in [0.1, 0.15) is 5.10 Å². The number of guanidine groups is 1. The quantitative estimate of drug-likeness (QED) is 0.265. The van der Waals surface area contributed by atoms with Crippen LogP contribution in [0.4, 0.5) is 5.69 Å². The lowest BCUT2D eigenvalue weighted by Crippen LogP contribution is -2.38. The molecule has 1 aliphatic rings. The molecule has 138 valence electrons. The fraction of sp³-hybridized carbons (Fsp3) is 0.467. The van der Waals surface area contributed by atoms with E-state index in [0.717, 1.165) is 31.1 Å². The number of hydrogen-bond acceptors (Lipinski definition) is 5. The molecule has 0 bridgehead atoms. The van der Waals surface area contributed by atoms with Gasteiger partial charge in [-0.15, -0.1) is 0 Å². The second kappa shape index (κ2) is 7.76. The third kappa shape index (κ3) is 4.23. The normalized spacial score (nSPS) is 20.7. The number of amides is 1. The highest BCUT2D eigenvalue weighted by atomic mass is 16.7. The number of nitrogens with one attached hydrogen (secondary N) is 3. The molecule has 1 aliphatic carbocycles. The molecule has 0 aromatic carbocycles. The second-order valence-corrected chi connectivity index (χ2v) is 6.30. The molecule has 5 N–H and O–H groups in total. The van der Waals surface area contributed by atoms with Gasteiger partial charge in [-0.05, 0) is 37.7 Å². The number of rotatable bonds is 5. The van der Waals surface area contributed by atoms with Crippen LogP contribution in [-0.2, 0) is 4.79 Å². The number of nitrogens with two attached hydrogens (primary N) is 1. The lowest BCUT2D eigenvalue weighted by molar-refractivity contribution is -0.485. The molecule has 11 nitrogen and oxygen atoms in total. The molecule has 0 aliphatic heterocycles. The van der Waals surface area contributed by atoms with Crippen LogP contribution in [0, 0.1) is 22.0 Å². The van der Waals surface area contributed by atoms with Crippen LogP contribution in [0.1, 0.15) is 25.7 Å². The van der Waals surface area contributed by atoms with Gasteiger partial charge < -0.3 is 16.4 Å². The van der Waals surface area contributed by atoms with Gasteiger partial charge in [0, 0.05) is 18.7 Å². The predicted molar refractivity (Wildman–Crippen MR) is 94.6 cm³/mol. The van der Waals surface area contributed by atoms with E-state index < -0.39 is 5.03 Å². The van der Waals surface area contributed by atoms with Crippen LogP contribution in [0.2, 0.25) is 0 Å². The first-order valence-electron chi connectivity index (χ1n) is 8.34. The van der Waals surface area contributed by atoms with E-state index in [9.17, 15) is 14.9 Å². The molecule has 1 fully saturated rings. The Kier molecular flexibility index (Phi) is 5.25. The van der Waals surface area contributed by atoms with Crippen molar-refractivity contribution in [3.63, 3.8) is 0 Å². The van der Waals surface area contributed by atoms with Crippen LogP contribution in [0.15, 0.2) is 23.6 Å². The Hall–Kier alpha value is -3.24. The summed E-state index contributed by atoms with van der Waals surface area (Å²) in [5.74, 6) is 0.0310. The molecule has 2 heterocycles. The average molecular weight is 360 g/mol. The first kappa shape index (κ1) is 17.6. The molecule has 0 unspecified atom stereocenters. The van der Waals surface area contributed by atoms with Gasteiger partial charge in [-0.3, -0.25) is 9.89 Å². The first-order valence-corrected chi connectivity index (χ1v) is 8.34. The summed E-state index contributed by atoms with van der Waals surface area (Å²) in [5, 5.41) is 25.6. The predicted octanol–water partition coefficient (Wildman–Crippen LogP) is 0.799. The van der Waals surface area contributed by atoms with Crippen molar-refractivity contribution < 1.29 is 9.83 Å². The third-order valence-corrected chi connectivity index (χ3v) is 4.59. The fourth-order valence-electron chi connectivity index (χ4n) is 3.20. The summed E-state index contributed by atoms with van der Waals surface area (Å²) in [6.07, 6.45) is 6.45. The van der Waals surface area contributed by atoms with E-state index in [4.69, 9.17) is 5.73 Å². The Morgan fingerprint density at radius 2 is 2.19 bits per heavy atom. The van der Waals surface area contributed by atoms with Gasteiger partial charge >= 0.3 is 0 Å². The van der Waals surface area contributed by atoms with Gasteiger partial charge in [0.15, 0.2) is 10.7 Å². The monoisotopic (exact) mass is 360 g/mol. The lowest BCUT2D eigenvalue weighted by Gasteiger charge is -2.27. The molecular weight excluding hydrogens is 340 g/mol. The summed E-state index contributed by atoms with van der Waals surface area (Å²) in [6.45, 7) is 0.511. The van der Waals surface area contributed by atoms with Crippen molar-refractivity contribution in [2.24, 2.45) is 22.7 Å². The number of hydrazone groups is 1. The Labute approximate surface area is 148 Å². The summed E-state index contributed by atoms with van der Waals surface area (Å²) < 4.78 is 0. The highest BCUT2D eigenvalue weighted by Gasteiger charge is 2.26. The van der Waals surface area contributed by atoms with E-state index in [-0.39, 0.29) is 17.8 Å². The molecule has 2 aromatic rings. The van der Waals surface area contributed by atoms with Crippen LogP contribution in [-0.4, -0.2) is 38.6 Å². The van der Waals surface area contributed by atoms with Crippen molar-refractivity contribution in [2.75, 3.05) is 11.9 Å². The molecule has 11 heteroatoms. The van der Waals surface area contributed by atoms with Crippen LogP contribution in [0.3, 0.4) is 0 Å². The Morgan fingerprint density at radius 3 is 2.92 bits per heavy atom. The zero-order chi connectivity index (χ0) is 18.5. The molecule has 0 radical (unpaired) electrons. The van der Waals surface area contributed by atoms with Crippen LogP contribution in [0.5, 0.6) is 0 Å². The van der Waals surface area contributed by atoms with Crippen LogP contribution >= 0.6 is 0 Å². The number of fused-ring (bicyclic) bond motifs is 1. The van der Waals surface area contributed by atoms with E-state index in [0.29, 0.717) is 23.8 Å². The average Bonchev–Trinajstić information content (AvgIpc) is 3.09. The first-order chi connectivity index (χ1) is 12.5. The van der Waals surface area contributed by atoms with Crippen molar-refractivity contribution in [3.05, 3.63) is 28.6 Å². The fourth-order valence-corrected chi connectivity index (χ4v) is 3.20. The van der Waals surface area contributed by atoms with Gasteiger partial charge in [0.05, 0.1) is 17.3 Å². The standard InChI is InChI=1S/C15H20N8O3/c16-15(22-23(25)26)18-7-9-1-3-10(4-2-9)14(24)20-12-5-6-17-13-11(12)8-19-21-13/h5-6,8-10H,1-4,7H2,(H3,16,18,22)(H2,17,19,20,21,24). The lowest BCUT2D eigenvalue weighted by atomic mass is 9.81. The Bertz CT molecular complexity index is 825. The second-order valence-electron chi connectivity index (χ2n) is 6.30. The number of nitro groups is 1. The number of nitrogens with zero attached hydrogens (tertiary/aromatic N) is 4. The largest absolute Gasteiger partial charge is 0.365 e. The molecular formula is C15H20N8O3. The number of carbonyl (C=O) groups is 1. The number of aromatic amines is 1. The summed E-state index contributed by atoms with van der Waals surface area (Å²) in [4.78, 5) is 26.9. The zero-order valence-electron chi connectivity index (χ0n) is 14.0. The smallest absolute Gasteiger partial charge is 0.266 e. The number of aromatic nitrogens is 3. The number of pyridine rings is 1. The molecule has 1 saturated carbocycles. The summed E-state index contributed by atoms with van der Waals surface area (Å²) in [6, 6.07) is 1.75. The molecule has 0 saturated heterocycles. The molecule has 0 spiro atoms. The highest BCUT2D eigenvalue weighted by molar-refractivity contribution is 6.00. The van der Waals surface area contributed by atoms with Gasteiger partial charge in [0.25, 0.3) is 5.96 Å². The minimum Gasteiger partial charge on any atom is -0.365 e. The SMILES string of the molecule is N/C(=N/[N+](=O)[O-])NCC1CCC(C(=O)Nc2ccnc3[nH]ncc23)CC1. The van der Waals surface area contributed by atoms with Crippen molar-refractivity contribution >= 4 is 28.6 Å². The summed E-state index contributed by atoms with van der Waals surface area (Å²) in [7, 11) is 0. The van der Waals surface area contributed by atoms with Crippen LogP contribution in [0.25, 0.3) is 11.0 Å². The maximum Gasteiger partial charge on any atom is 0.266 e. The molecule has 26 heavy (non-hydrogen) atoms. The highest BCUT2D eigenvalue weighted by Crippen LogP contribution is 2.30. The topological polar surface area (TPSA) is 164 Å². The van der Waals surface area contributed by atoms with Crippen molar-refractivity contribution in [2.45, 2.75) is 25.7 Å². The van der Waals surface area contributed by atoms with Gasteiger partial charge in [-0.25, -0.2) is 15.1 Å². The number of carbonyl (C=O) groups excluding carboxylic acids is 1. The number of H-pyrrole nitrogens is 1. The minimum absolute atomic E-state index is 0.0143. The summed E-state index contributed by atoms with van der Waals surface area (Å²) >= 11 is 0. The minimum atomic E-state index is -0.834. The van der Waals surface area contributed by atoms with E-state index in [1.54, 1.807) is 18.5 Å². The third-order valence-electron chi connectivity index (χ3n) is 4.59. The number of anilines is 1. The van der Waals surface area contributed by atoms with E-state index >= 15 is 0 Å². The van der Waals surface area contributed by atoms with Gasteiger partial charge in [-0.2, -0.15) is 5.10 Å². The maximum absolute atomic E-state index is 12.5. The van der Waals surface area contributed by atoms with E-state index in [1.807, 2.05) is 0 Å². The Morgan fingerprint density at radius 1 is 1.42 bits per heavy atom. The Balaban J connectivity index is 1.49. The molecule has 2 aromatic heterocycles. The van der Waals surface area contributed by atoms with E-state index in [1.165, 1.54) is 0 Å². The van der Waals surface area contributed by atoms with Crippen LogP contribution < -0.4 is 16.4 Å². The molecule has 0 atom stereocenters. The van der Waals surface area contributed by atoms with Gasteiger partial charge in [-0.1, -0.05) is 0 Å². The zero-order valence-corrected chi connectivity index (χ0v) is 14.0. The molecule has 3 rings (SSSR count). The summed E-state index contributed by atoms with van der Waals surface area (Å²) in [5.41, 5.74) is 6.74.